The first-order chi connectivity index (χ1) is 13.3. The Morgan fingerprint density at radius 2 is 1.79 bits per heavy atom. The molecule has 0 fully saturated rings. The van der Waals surface area contributed by atoms with Crippen LogP contribution >= 0.6 is 11.6 Å². The molecule has 0 aliphatic heterocycles. The number of carbonyl (C=O) groups excluding carboxylic acids is 3. The fraction of sp³-hybridized carbons (Fsp3) is 0.318. The summed E-state index contributed by atoms with van der Waals surface area (Å²) < 4.78 is 4.72. The molecule has 0 saturated carbocycles. The molecule has 0 aliphatic rings. The van der Waals surface area contributed by atoms with E-state index in [0.717, 1.165) is 11.1 Å². The third-order valence-electron chi connectivity index (χ3n) is 4.49. The highest BCUT2D eigenvalue weighted by Crippen LogP contribution is 2.25. The van der Waals surface area contributed by atoms with E-state index >= 15 is 0 Å². The lowest BCUT2D eigenvalue weighted by molar-refractivity contribution is -0.141. The van der Waals surface area contributed by atoms with Crippen LogP contribution in [0.15, 0.2) is 42.5 Å². The topological polar surface area (TPSA) is 72.5 Å². The van der Waals surface area contributed by atoms with E-state index in [0.29, 0.717) is 16.1 Å². The van der Waals surface area contributed by atoms with Gasteiger partial charge in [-0.05, 0) is 37.1 Å². The third kappa shape index (κ3) is 5.92. The number of aryl methyl sites for hydroxylation is 2. The standard InChI is InChI=1S/C22H24ClNO4/c1-14-8-9-15(2)17(12-14)20(25)10-11-21(26)24-19(13-22(27)28-3)16-6-4-5-7-18(16)23/h4-9,12,19H,10-11,13H2,1-3H3,(H,24,26)/t19-/m0/s1. The van der Waals surface area contributed by atoms with E-state index in [2.05, 4.69) is 5.32 Å². The van der Waals surface area contributed by atoms with E-state index in [9.17, 15) is 14.4 Å². The summed E-state index contributed by atoms with van der Waals surface area (Å²) in [7, 11) is 1.29. The Kier molecular flexibility index (Phi) is 7.76. The highest BCUT2D eigenvalue weighted by molar-refractivity contribution is 6.31. The van der Waals surface area contributed by atoms with E-state index < -0.39 is 12.0 Å². The maximum absolute atomic E-state index is 12.5. The largest absolute Gasteiger partial charge is 0.469 e. The normalized spacial score (nSPS) is 11.6. The molecule has 5 nitrogen and oxygen atoms in total. The molecule has 0 saturated heterocycles. The summed E-state index contributed by atoms with van der Waals surface area (Å²) in [6.07, 6.45) is 0.0643. The second-order valence-corrected chi connectivity index (χ2v) is 7.07. The van der Waals surface area contributed by atoms with Crippen molar-refractivity contribution in [2.45, 2.75) is 39.2 Å². The molecule has 0 bridgehead atoms. The molecule has 0 aliphatic carbocycles. The SMILES string of the molecule is COC(=O)C[C@H](NC(=O)CCC(=O)c1cc(C)ccc1C)c1ccccc1Cl. The Hall–Kier alpha value is -2.66. The number of amides is 1. The van der Waals surface area contributed by atoms with Gasteiger partial charge in [-0.2, -0.15) is 0 Å². The minimum absolute atomic E-state index is 0.0222. The zero-order valence-electron chi connectivity index (χ0n) is 16.3. The van der Waals surface area contributed by atoms with E-state index in [1.165, 1.54) is 7.11 Å². The lowest BCUT2D eigenvalue weighted by Gasteiger charge is -2.19. The van der Waals surface area contributed by atoms with Crippen LogP contribution in [0.1, 0.15) is 52.4 Å². The summed E-state index contributed by atoms with van der Waals surface area (Å²) >= 11 is 6.21. The molecule has 0 aromatic heterocycles. The van der Waals surface area contributed by atoms with Gasteiger partial charge in [-0.25, -0.2) is 0 Å². The van der Waals surface area contributed by atoms with Gasteiger partial charge in [-0.3, -0.25) is 14.4 Å². The fourth-order valence-corrected chi connectivity index (χ4v) is 3.18. The van der Waals surface area contributed by atoms with Crippen molar-refractivity contribution < 1.29 is 19.1 Å². The number of carbonyl (C=O) groups is 3. The number of esters is 1. The van der Waals surface area contributed by atoms with Gasteiger partial charge in [-0.15, -0.1) is 0 Å². The molecule has 2 aromatic carbocycles. The Balaban J connectivity index is 2.05. The van der Waals surface area contributed by atoms with Gasteiger partial charge in [0.2, 0.25) is 5.91 Å². The highest BCUT2D eigenvalue weighted by atomic mass is 35.5. The number of benzene rings is 2. The molecule has 1 atom stereocenters. The second kappa shape index (κ2) is 10.0. The summed E-state index contributed by atoms with van der Waals surface area (Å²) in [5.74, 6) is -0.872. The van der Waals surface area contributed by atoms with Crippen LogP contribution in [0, 0.1) is 13.8 Å². The van der Waals surface area contributed by atoms with Crippen LogP contribution < -0.4 is 5.32 Å². The maximum Gasteiger partial charge on any atom is 0.307 e. The van der Waals surface area contributed by atoms with Gasteiger partial charge in [0, 0.05) is 23.4 Å². The van der Waals surface area contributed by atoms with Crippen molar-refractivity contribution >= 4 is 29.3 Å². The van der Waals surface area contributed by atoms with Crippen molar-refractivity contribution in [1.82, 2.24) is 5.32 Å². The average Bonchev–Trinajstić information content (AvgIpc) is 2.67. The number of ketones is 1. The minimum Gasteiger partial charge on any atom is -0.469 e. The van der Waals surface area contributed by atoms with Gasteiger partial charge in [0.1, 0.15) is 0 Å². The fourth-order valence-electron chi connectivity index (χ4n) is 2.91. The van der Waals surface area contributed by atoms with Crippen molar-refractivity contribution in [2.75, 3.05) is 7.11 Å². The van der Waals surface area contributed by atoms with Crippen molar-refractivity contribution in [1.29, 1.82) is 0 Å². The van der Waals surface area contributed by atoms with Gasteiger partial charge in [0.15, 0.2) is 5.78 Å². The number of nitrogens with one attached hydrogen (secondary N) is 1. The minimum atomic E-state index is -0.621. The molecule has 0 radical (unpaired) electrons. The quantitative estimate of drug-likeness (QED) is 0.527. The molecule has 28 heavy (non-hydrogen) atoms. The Labute approximate surface area is 170 Å². The van der Waals surface area contributed by atoms with Crippen molar-refractivity contribution in [2.24, 2.45) is 0 Å². The van der Waals surface area contributed by atoms with Crippen molar-refractivity contribution in [3.05, 3.63) is 69.7 Å². The molecule has 0 unspecified atom stereocenters. The van der Waals surface area contributed by atoms with Crippen molar-refractivity contribution in [3.8, 4) is 0 Å². The average molecular weight is 402 g/mol. The van der Waals surface area contributed by atoms with E-state index in [4.69, 9.17) is 16.3 Å². The number of hydrogen-bond donors (Lipinski definition) is 1. The van der Waals surface area contributed by atoms with Crippen LogP contribution in [0.3, 0.4) is 0 Å². The maximum atomic E-state index is 12.5. The van der Waals surface area contributed by atoms with Crippen molar-refractivity contribution in [3.63, 3.8) is 0 Å². The number of methoxy groups -OCH3 is 1. The molecule has 2 rings (SSSR count). The predicted octanol–water partition coefficient (Wildman–Crippen LogP) is 4.34. The van der Waals surface area contributed by atoms with E-state index in [-0.39, 0.29) is 31.0 Å². The monoisotopic (exact) mass is 401 g/mol. The lowest BCUT2D eigenvalue weighted by Crippen LogP contribution is -2.31. The highest BCUT2D eigenvalue weighted by Gasteiger charge is 2.21. The molecule has 1 amide bonds. The van der Waals surface area contributed by atoms with Crippen LogP contribution in [0.25, 0.3) is 0 Å². The summed E-state index contributed by atoms with van der Waals surface area (Å²) in [6, 6.07) is 12.0. The number of hydrogen-bond acceptors (Lipinski definition) is 4. The zero-order chi connectivity index (χ0) is 20.7. The first kappa shape index (κ1) is 21.6. The molecule has 2 aromatic rings. The zero-order valence-corrected chi connectivity index (χ0v) is 17.0. The van der Waals surface area contributed by atoms with Crippen LogP contribution in [-0.2, 0) is 14.3 Å². The smallest absolute Gasteiger partial charge is 0.307 e. The van der Waals surface area contributed by atoms with E-state index in [1.807, 2.05) is 32.0 Å². The Bertz CT molecular complexity index is 879. The summed E-state index contributed by atoms with van der Waals surface area (Å²) in [5, 5.41) is 3.24. The van der Waals surface area contributed by atoms with E-state index in [1.54, 1.807) is 24.3 Å². The predicted molar refractivity (Wildman–Crippen MR) is 108 cm³/mol. The Morgan fingerprint density at radius 3 is 2.46 bits per heavy atom. The third-order valence-corrected chi connectivity index (χ3v) is 4.83. The summed E-state index contributed by atoms with van der Waals surface area (Å²) in [6.45, 7) is 3.79. The molecule has 0 spiro atoms. The van der Waals surface area contributed by atoms with Crippen LogP contribution in [0.4, 0.5) is 0 Å². The molecule has 148 valence electrons. The number of halogens is 1. The van der Waals surface area contributed by atoms with Gasteiger partial charge in [-0.1, -0.05) is 47.5 Å². The number of rotatable bonds is 8. The number of ether oxygens (including phenoxy) is 1. The van der Waals surface area contributed by atoms with Gasteiger partial charge >= 0.3 is 5.97 Å². The Morgan fingerprint density at radius 1 is 1.07 bits per heavy atom. The molecule has 6 heteroatoms. The molecule has 1 N–H and O–H groups in total. The summed E-state index contributed by atoms with van der Waals surface area (Å²) in [4.78, 5) is 36.7. The second-order valence-electron chi connectivity index (χ2n) is 6.66. The van der Waals surface area contributed by atoms with Crippen LogP contribution in [0.5, 0.6) is 0 Å². The van der Waals surface area contributed by atoms with Gasteiger partial charge < -0.3 is 10.1 Å². The number of Topliss-reactive ketones (excluding diaryl/α,β-unsaturated/α-hetero) is 1. The lowest BCUT2D eigenvalue weighted by atomic mass is 9.99. The first-order valence-electron chi connectivity index (χ1n) is 9.03. The van der Waals surface area contributed by atoms with Crippen LogP contribution in [-0.4, -0.2) is 24.8 Å². The van der Waals surface area contributed by atoms with Crippen LogP contribution in [0.2, 0.25) is 5.02 Å². The summed E-state index contributed by atoms with van der Waals surface area (Å²) in [5.41, 5.74) is 3.14. The first-order valence-corrected chi connectivity index (χ1v) is 9.40. The molecule has 0 heterocycles. The molecular weight excluding hydrogens is 378 g/mol. The van der Waals surface area contributed by atoms with Gasteiger partial charge in [0.25, 0.3) is 0 Å². The van der Waals surface area contributed by atoms with Gasteiger partial charge in [0.05, 0.1) is 19.6 Å². The molecular formula is C22H24ClNO4.